The lowest BCUT2D eigenvalue weighted by molar-refractivity contribution is 0.249. The number of pyridine rings is 1. The Hall–Kier alpha value is -3.43. The highest BCUT2D eigenvalue weighted by atomic mass is 19.1. The van der Waals surface area contributed by atoms with Crippen LogP contribution in [0.4, 0.5) is 25.0 Å². The van der Waals surface area contributed by atoms with Crippen LogP contribution in [0.5, 0.6) is 11.5 Å². The summed E-state index contributed by atoms with van der Waals surface area (Å²) in [6.45, 7) is 5.70. The maximum Gasteiger partial charge on any atom is 0.329 e. The number of ether oxygens (including phenoxy) is 2. The van der Waals surface area contributed by atoms with Crippen molar-refractivity contribution in [1.29, 1.82) is 5.41 Å². The predicted octanol–water partition coefficient (Wildman–Crippen LogP) is 4.60. The Morgan fingerprint density at radius 2 is 1.85 bits per heavy atom. The molecule has 3 rings (SSSR count). The minimum atomic E-state index is -0.988. The molecule has 0 unspecified atom stereocenters. The molecule has 0 atom stereocenters. The van der Waals surface area contributed by atoms with Crippen LogP contribution < -0.4 is 19.3 Å². The van der Waals surface area contributed by atoms with Gasteiger partial charge in [0.15, 0.2) is 23.1 Å². The molecule has 0 saturated carbocycles. The standard InChI is InChI=1S/C23H27BF2N4O3/c1-6-24-10-15(13(3)27)16-8-17-14(11-28-16)12-30(23(31)29(17)7-2)22-20(25)18(32-4)9-19(33-5)21(22)26/h8-11,24,27H,6-7,12H2,1-5H3/b15-10+,27-13?. The fourth-order valence-electron chi connectivity index (χ4n) is 3.81. The van der Waals surface area contributed by atoms with Crippen LogP contribution in [0.25, 0.3) is 5.57 Å². The SMILES string of the molecule is CCB/C=C(\C(C)=N)c1cc2c(cn1)CN(c1c(F)c(OC)cc(OC)c1F)C(=O)N2CC. The highest BCUT2D eigenvalue weighted by Crippen LogP contribution is 2.41. The second kappa shape index (κ2) is 10.0. The molecule has 2 amide bonds. The van der Waals surface area contributed by atoms with Crippen molar-refractivity contribution in [3.63, 3.8) is 0 Å². The summed E-state index contributed by atoms with van der Waals surface area (Å²) in [6, 6.07) is 2.28. The van der Waals surface area contributed by atoms with Crippen LogP contribution >= 0.6 is 0 Å². The Morgan fingerprint density at radius 1 is 1.21 bits per heavy atom. The quantitative estimate of drug-likeness (QED) is 0.465. The van der Waals surface area contributed by atoms with Gasteiger partial charge in [0.25, 0.3) is 0 Å². The lowest BCUT2D eigenvalue weighted by Crippen LogP contribution is -2.48. The van der Waals surface area contributed by atoms with Crippen molar-refractivity contribution < 1.29 is 23.0 Å². The lowest BCUT2D eigenvalue weighted by atomic mass is 9.73. The number of fused-ring (bicyclic) bond motifs is 1. The van der Waals surface area contributed by atoms with Crippen molar-refractivity contribution in [2.24, 2.45) is 0 Å². The molecule has 1 aliphatic heterocycles. The number of allylic oxidation sites excluding steroid dienone is 1. The summed E-state index contributed by atoms with van der Waals surface area (Å²) in [5, 5.41) is 8.11. The van der Waals surface area contributed by atoms with Crippen LogP contribution in [-0.4, -0.2) is 44.8 Å². The molecule has 33 heavy (non-hydrogen) atoms. The smallest absolute Gasteiger partial charge is 0.329 e. The van der Waals surface area contributed by atoms with E-state index < -0.39 is 23.4 Å². The van der Waals surface area contributed by atoms with E-state index in [0.29, 0.717) is 28.2 Å². The minimum Gasteiger partial charge on any atom is -0.493 e. The number of carbonyl (C=O) groups is 1. The van der Waals surface area contributed by atoms with Crippen molar-refractivity contribution in [3.05, 3.63) is 47.2 Å². The number of hydrogen-bond donors (Lipinski definition) is 1. The first kappa shape index (κ1) is 24.2. The molecular formula is C23H27BF2N4O3. The van der Waals surface area contributed by atoms with E-state index >= 15 is 8.78 Å². The van der Waals surface area contributed by atoms with E-state index in [-0.39, 0.29) is 24.6 Å². The van der Waals surface area contributed by atoms with Gasteiger partial charge < -0.3 is 14.9 Å². The molecule has 0 bridgehead atoms. The number of benzene rings is 1. The highest BCUT2D eigenvalue weighted by Gasteiger charge is 2.36. The summed E-state index contributed by atoms with van der Waals surface area (Å²) in [7, 11) is 3.31. The number of nitrogens with zero attached hydrogens (tertiary/aromatic N) is 3. The number of methoxy groups -OCH3 is 2. The van der Waals surface area contributed by atoms with E-state index in [1.807, 2.05) is 12.9 Å². The van der Waals surface area contributed by atoms with Gasteiger partial charge in [0.2, 0.25) is 0 Å². The molecule has 10 heteroatoms. The fourth-order valence-corrected chi connectivity index (χ4v) is 3.81. The van der Waals surface area contributed by atoms with Crippen LogP contribution in [0.2, 0.25) is 6.32 Å². The molecule has 1 N–H and O–H groups in total. The van der Waals surface area contributed by atoms with E-state index in [0.717, 1.165) is 24.6 Å². The third kappa shape index (κ3) is 4.42. The maximum atomic E-state index is 15.1. The largest absolute Gasteiger partial charge is 0.493 e. The Balaban J connectivity index is 2.13. The molecule has 0 aliphatic carbocycles. The van der Waals surface area contributed by atoms with Crippen LogP contribution in [0, 0.1) is 17.0 Å². The van der Waals surface area contributed by atoms with Gasteiger partial charge in [-0.3, -0.25) is 14.8 Å². The van der Waals surface area contributed by atoms with Crippen LogP contribution in [0.3, 0.4) is 0 Å². The summed E-state index contributed by atoms with van der Waals surface area (Å²) >= 11 is 0. The number of rotatable bonds is 8. The normalized spacial score (nSPS) is 13.7. The molecule has 7 nitrogen and oxygen atoms in total. The zero-order chi connectivity index (χ0) is 24.3. The number of carbonyl (C=O) groups excluding carboxylic acids is 1. The van der Waals surface area contributed by atoms with Crippen molar-refractivity contribution in [2.75, 3.05) is 30.6 Å². The van der Waals surface area contributed by atoms with Crippen LogP contribution in [0.15, 0.2) is 24.3 Å². The summed E-state index contributed by atoms with van der Waals surface area (Å²) in [5.41, 5.74) is 2.33. The van der Waals surface area contributed by atoms with Gasteiger partial charge in [-0.25, -0.2) is 13.6 Å². The number of amides is 2. The van der Waals surface area contributed by atoms with Gasteiger partial charge in [0, 0.05) is 35.7 Å². The Kier molecular flexibility index (Phi) is 7.35. The van der Waals surface area contributed by atoms with Crippen molar-refractivity contribution in [1.82, 2.24) is 4.98 Å². The van der Waals surface area contributed by atoms with E-state index in [4.69, 9.17) is 14.9 Å². The van der Waals surface area contributed by atoms with E-state index in [9.17, 15) is 4.79 Å². The third-order valence-electron chi connectivity index (χ3n) is 5.50. The average Bonchev–Trinajstić information content (AvgIpc) is 2.80. The fraction of sp³-hybridized carbons (Fsp3) is 0.348. The number of halogens is 2. The molecule has 0 saturated heterocycles. The van der Waals surface area contributed by atoms with Crippen molar-refractivity contribution in [3.8, 4) is 11.5 Å². The number of aromatic nitrogens is 1. The van der Waals surface area contributed by atoms with Crippen molar-refractivity contribution in [2.45, 2.75) is 33.6 Å². The number of urea groups is 1. The minimum absolute atomic E-state index is 0.0836. The second-order valence-electron chi connectivity index (χ2n) is 7.60. The molecular weight excluding hydrogens is 429 g/mol. The monoisotopic (exact) mass is 456 g/mol. The molecule has 1 aliphatic rings. The average molecular weight is 456 g/mol. The Morgan fingerprint density at radius 3 is 2.36 bits per heavy atom. The number of nitrogens with one attached hydrogen (secondary N) is 1. The van der Waals surface area contributed by atoms with Crippen LogP contribution in [0.1, 0.15) is 32.0 Å². The Bertz CT molecular complexity index is 1100. The van der Waals surface area contributed by atoms with Gasteiger partial charge in [0.05, 0.1) is 32.1 Å². The highest BCUT2D eigenvalue weighted by molar-refractivity contribution is 6.47. The Labute approximate surface area is 192 Å². The van der Waals surface area contributed by atoms with E-state index in [1.54, 1.807) is 26.1 Å². The van der Waals surface area contributed by atoms with E-state index in [1.165, 1.54) is 19.1 Å². The topological polar surface area (TPSA) is 78.8 Å². The van der Waals surface area contributed by atoms with Gasteiger partial charge in [-0.05, 0) is 19.9 Å². The van der Waals surface area contributed by atoms with Gasteiger partial charge in [-0.15, -0.1) is 5.98 Å². The van der Waals surface area contributed by atoms with Gasteiger partial charge in [-0.2, -0.15) is 0 Å². The zero-order valence-corrected chi connectivity index (χ0v) is 19.5. The van der Waals surface area contributed by atoms with Gasteiger partial charge >= 0.3 is 6.03 Å². The molecule has 2 heterocycles. The van der Waals surface area contributed by atoms with Gasteiger partial charge in [-0.1, -0.05) is 13.2 Å². The molecule has 0 radical (unpaired) electrons. The third-order valence-corrected chi connectivity index (χ3v) is 5.50. The van der Waals surface area contributed by atoms with Crippen molar-refractivity contribution >= 4 is 36.0 Å². The summed E-state index contributed by atoms with van der Waals surface area (Å²) in [4.78, 5) is 20.3. The summed E-state index contributed by atoms with van der Waals surface area (Å²) in [5.74, 6) is -0.483. The van der Waals surface area contributed by atoms with Gasteiger partial charge in [0.1, 0.15) is 13.0 Å². The first-order valence-electron chi connectivity index (χ1n) is 10.7. The second-order valence-corrected chi connectivity index (χ2v) is 7.60. The zero-order valence-electron chi connectivity index (χ0n) is 19.5. The molecule has 0 spiro atoms. The van der Waals surface area contributed by atoms with Crippen LogP contribution in [-0.2, 0) is 6.54 Å². The number of anilines is 2. The molecule has 0 fully saturated rings. The van der Waals surface area contributed by atoms with E-state index in [2.05, 4.69) is 4.98 Å². The molecule has 1 aromatic carbocycles. The lowest BCUT2D eigenvalue weighted by Gasteiger charge is -2.37. The summed E-state index contributed by atoms with van der Waals surface area (Å²) < 4.78 is 40.3. The molecule has 1 aromatic heterocycles. The number of hydrogen-bond acceptors (Lipinski definition) is 5. The molecule has 2 aromatic rings. The summed E-state index contributed by atoms with van der Waals surface area (Å²) in [6.07, 6.45) is 2.51. The molecule has 174 valence electrons. The maximum absolute atomic E-state index is 15.1. The first-order valence-corrected chi connectivity index (χ1v) is 10.7. The first-order chi connectivity index (χ1) is 15.8. The predicted molar refractivity (Wildman–Crippen MR) is 127 cm³/mol.